The maximum atomic E-state index is 12.6. The lowest BCUT2D eigenvalue weighted by atomic mass is 10.2. The summed E-state index contributed by atoms with van der Waals surface area (Å²) in [6.45, 7) is 0. The molecule has 128 valence electrons. The summed E-state index contributed by atoms with van der Waals surface area (Å²) < 4.78 is 13.0. The van der Waals surface area contributed by atoms with Gasteiger partial charge in [0.25, 0.3) is 5.91 Å². The van der Waals surface area contributed by atoms with Crippen LogP contribution in [0.3, 0.4) is 0 Å². The van der Waals surface area contributed by atoms with Gasteiger partial charge in [0.1, 0.15) is 0 Å². The summed E-state index contributed by atoms with van der Waals surface area (Å²) >= 11 is 2.09. The number of nitrogens with one attached hydrogen (secondary N) is 1. The number of methoxy groups -OCH3 is 2. The van der Waals surface area contributed by atoms with E-state index in [1.165, 1.54) is 7.11 Å². The van der Waals surface area contributed by atoms with Gasteiger partial charge < -0.3 is 14.8 Å². The molecule has 0 saturated carbocycles. The predicted molar refractivity (Wildman–Crippen MR) is 104 cm³/mol. The SMILES string of the molecule is COc1cc(I)c(C(=O)Nc2ccn(-c3ccccc3)n2)cc1OC. The minimum absolute atomic E-state index is 0.260. The van der Waals surface area contributed by atoms with E-state index >= 15 is 0 Å². The fraction of sp³-hybridized carbons (Fsp3) is 0.111. The first-order valence-corrected chi connectivity index (χ1v) is 8.54. The number of rotatable bonds is 5. The molecule has 1 heterocycles. The molecule has 0 radical (unpaired) electrons. The Labute approximate surface area is 158 Å². The Balaban J connectivity index is 1.82. The van der Waals surface area contributed by atoms with Crippen LogP contribution in [0, 0.1) is 3.57 Å². The predicted octanol–water partition coefficient (Wildman–Crippen LogP) is 3.75. The second-order valence-electron chi connectivity index (χ2n) is 5.12. The van der Waals surface area contributed by atoms with Crippen molar-refractivity contribution in [3.8, 4) is 17.2 Å². The number of aromatic nitrogens is 2. The lowest BCUT2D eigenvalue weighted by Crippen LogP contribution is -2.14. The first kappa shape index (κ1) is 17.3. The van der Waals surface area contributed by atoms with Crippen molar-refractivity contribution in [2.75, 3.05) is 19.5 Å². The maximum Gasteiger partial charge on any atom is 0.258 e. The molecule has 1 N–H and O–H groups in total. The van der Waals surface area contributed by atoms with Gasteiger partial charge in [-0.25, -0.2) is 4.68 Å². The molecule has 0 aliphatic rings. The Morgan fingerprint density at radius 2 is 1.76 bits per heavy atom. The molecule has 0 atom stereocenters. The summed E-state index contributed by atoms with van der Waals surface area (Å²) in [5.74, 6) is 1.29. The van der Waals surface area contributed by atoms with E-state index in [-0.39, 0.29) is 5.91 Å². The van der Waals surface area contributed by atoms with Crippen LogP contribution in [0.2, 0.25) is 0 Å². The number of carbonyl (C=O) groups is 1. The van der Waals surface area contributed by atoms with E-state index in [4.69, 9.17) is 9.47 Å². The van der Waals surface area contributed by atoms with E-state index in [1.54, 1.807) is 36.2 Å². The number of nitrogens with zero attached hydrogens (tertiary/aromatic N) is 2. The molecular weight excluding hydrogens is 433 g/mol. The highest BCUT2D eigenvalue weighted by Crippen LogP contribution is 2.31. The van der Waals surface area contributed by atoms with Crippen LogP contribution in [-0.4, -0.2) is 29.9 Å². The first-order chi connectivity index (χ1) is 12.1. The van der Waals surface area contributed by atoms with Crippen LogP contribution < -0.4 is 14.8 Å². The number of ether oxygens (including phenoxy) is 2. The van der Waals surface area contributed by atoms with Gasteiger partial charge >= 0.3 is 0 Å². The molecule has 0 saturated heterocycles. The average molecular weight is 449 g/mol. The molecule has 6 nitrogen and oxygen atoms in total. The van der Waals surface area contributed by atoms with E-state index < -0.39 is 0 Å². The zero-order valence-electron chi connectivity index (χ0n) is 13.7. The van der Waals surface area contributed by atoms with Crippen molar-refractivity contribution in [2.24, 2.45) is 0 Å². The number of carbonyl (C=O) groups excluding carboxylic acids is 1. The number of amides is 1. The first-order valence-electron chi connectivity index (χ1n) is 7.46. The summed E-state index contributed by atoms with van der Waals surface area (Å²) in [6, 6.07) is 14.8. The highest BCUT2D eigenvalue weighted by molar-refractivity contribution is 14.1. The number of benzene rings is 2. The number of halogens is 1. The number of hydrogen-bond donors (Lipinski definition) is 1. The molecule has 1 amide bonds. The van der Waals surface area contributed by atoms with Crippen molar-refractivity contribution in [1.82, 2.24) is 9.78 Å². The van der Waals surface area contributed by atoms with Crippen LogP contribution in [0.1, 0.15) is 10.4 Å². The lowest BCUT2D eigenvalue weighted by Gasteiger charge is -2.11. The summed E-state index contributed by atoms with van der Waals surface area (Å²) in [5, 5.41) is 7.18. The second kappa shape index (κ2) is 7.56. The third kappa shape index (κ3) is 3.76. The summed E-state index contributed by atoms with van der Waals surface area (Å²) in [5.41, 5.74) is 1.41. The molecule has 0 bridgehead atoms. The summed E-state index contributed by atoms with van der Waals surface area (Å²) in [4.78, 5) is 12.6. The third-order valence-corrected chi connectivity index (χ3v) is 4.46. The summed E-state index contributed by atoms with van der Waals surface area (Å²) in [7, 11) is 3.10. The molecule has 0 fully saturated rings. The highest BCUT2D eigenvalue weighted by atomic mass is 127. The minimum Gasteiger partial charge on any atom is -0.493 e. The van der Waals surface area contributed by atoms with Gasteiger partial charge in [-0.2, -0.15) is 5.10 Å². The van der Waals surface area contributed by atoms with E-state index in [1.807, 2.05) is 30.3 Å². The molecule has 7 heteroatoms. The minimum atomic E-state index is -0.260. The molecule has 3 rings (SSSR count). The zero-order valence-corrected chi connectivity index (χ0v) is 15.9. The van der Waals surface area contributed by atoms with Gasteiger partial charge in [0.15, 0.2) is 17.3 Å². The number of hydrogen-bond acceptors (Lipinski definition) is 4. The standard InChI is InChI=1S/C18H16IN3O3/c1-24-15-10-13(14(19)11-16(15)25-2)18(23)20-17-8-9-22(21-17)12-6-4-3-5-7-12/h3-11H,1-2H3,(H,20,21,23). The monoisotopic (exact) mass is 449 g/mol. The van der Waals surface area contributed by atoms with Gasteiger partial charge in [-0.3, -0.25) is 4.79 Å². The normalized spacial score (nSPS) is 10.4. The molecule has 25 heavy (non-hydrogen) atoms. The van der Waals surface area contributed by atoms with Crippen molar-refractivity contribution in [2.45, 2.75) is 0 Å². The van der Waals surface area contributed by atoms with Gasteiger partial charge in [0.05, 0.1) is 25.5 Å². The topological polar surface area (TPSA) is 65.4 Å². The second-order valence-corrected chi connectivity index (χ2v) is 6.28. The molecule has 1 aromatic heterocycles. The highest BCUT2D eigenvalue weighted by Gasteiger charge is 2.16. The van der Waals surface area contributed by atoms with Crippen LogP contribution in [-0.2, 0) is 0 Å². The van der Waals surface area contributed by atoms with Crippen LogP contribution in [0.4, 0.5) is 5.82 Å². The molecule has 0 aliphatic heterocycles. The van der Waals surface area contributed by atoms with Crippen molar-refractivity contribution in [3.63, 3.8) is 0 Å². The third-order valence-electron chi connectivity index (χ3n) is 3.57. The molecule has 3 aromatic rings. The number of para-hydroxylation sites is 1. The quantitative estimate of drug-likeness (QED) is 0.603. The molecule has 2 aromatic carbocycles. The number of anilines is 1. The molecule has 0 spiro atoms. The van der Waals surface area contributed by atoms with Crippen molar-refractivity contribution in [1.29, 1.82) is 0 Å². The van der Waals surface area contributed by atoms with Crippen LogP contribution in [0.25, 0.3) is 5.69 Å². The maximum absolute atomic E-state index is 12.6. The smallest absolute Gasteiger partial charge is 0.258 e. The lowest BCUT2D eigenvalue weighted by molar-refractivity contribution is 0.102. The van der Waals surface area contributed by atoms with Crippen LogP contribution >= 0.6 is 22.6 Å². The van der Waals surface area contributed by atoms with E-state index in [0.29, 0.717) is 22.9 Å². The Morgan fingerprint density at radius 3 is 2.44 bits per heavy atom. The zero-order chi connectivity index (χ0) is 17.8. The molecule has 0 unspecified atom stereocenters. The Morgan fingerprint density at radius 1 is 1.08 bits per heavy atom. The fourth-order valence-electron chi connectivity index (χ4n) is 2.33. The Bertz CT molecular complexity index is 894. The van der Waals surface area contributed by atoms with Crippen molar-refractivity contribution in [3.05, 3.63) is 63.9 Å². The Hall–Kier alpha value is -2.55. The molecular formula is C18H16IN3O3. The largest absolute Gasteiger partial charge is 0.493 e. The van der Waals surface area contributed by atoms with Crippen molar-refractivity contribution < 1.29 is 14.3 Å². The van der Waals surface area contributed by atoms with Gasteiger partial charge in [-0.1, -0.05) is 18.2 Å². The average Bonchev–Trinajstić information content (AvgIpc) is 3.10. The van der Waals surface area contributed by atoms with Gasteiger partial charge in [-0.15, -0.1) is 0 Å². The van der Waals surface area contributed by atoms with Gasteiger partial charge in [0, 0.05) is 15.8 Å². The summed E-state index contributed by atoms with van der Waals surface area (Å²) in [6.07, 6.45) is 1.80. The van der Waals surface area contributed by atoms with E-state index in [9.17, 15) is 4.79 Å². The van der Waals surface area contributed by atoms with Crippen LogP contribution in [0.15, 0.2) is 54.7 Å². The van der Waals surface area contributed by atoms with Gasteiger partial charge in [0.2, 0.25) is 0 Å². The van der Waals surface area contributed by atoms with Crippen LogP contribution in [0.5, 0.6) is 11.5 Å². The molecule has 0 aliphatic carbocycles. The van der Waals surface area contributed by atoms with E-state index in [0.717, 1.165) is 9.26 Å². The van der Waals surface area contributed by atoms with Gasteiger partial charge in [-0.05, 0) is 46.9 Å². The fourth-order valence-corrected chi connectivity index (χ4v) is 3.01. The van der Waals surface area contributed by atoms with Crippen molar-refractivity contribution >= 4 is 34.3 Å². The van der Waals surface area contributed by atoms with E-state index in [2.05, 4.69) is 33.0 Å². The Kier molecular flexibility index (Phi) is 5.22.